The highest BCUT2D eigenvalue weighted by molar-refractivity contribution is 7.91. The van der Waals surface area contributed by atoms with Gasteiger partial charge in [-0.3, -0.25) is 10.2 Å². The summed E-state index contributed by atoms with van der Waals surface area (Å²) in [6.45, 7) is 0.595. The number of benzene rings is 1. The molecule has 2 amide bonds. The quantitative estimate of drug-likeness (QED) is 0.746. The Bertz CT molecular complexity index is 918. The molecule has 0 radical (unpaired) electrons. The van der Waals surface area contributed by atoms with Crippen molar-refractivity contribution in [1.29, 1.82) is 0 Å². The van der Waals surface area contributed by atoms with Gasteiger partial charge in [-0.2, -0.15) is 4.37 Å². The number of rotatable bonds is 6. The summed E-state index contributed by atoms with van der Waals surface area (Å²) in [4.78, 5) is 18.1. The predicted molar refractivity (Wildman–Crippen MR) is 101 cm³/mol. The van der Waals surface area contributed by atoms with Crippen molar-refractivity contribution in [3.8, 4) is 0 Å². The van der Waals surface area contributed by atoms with Crippen LogP contribution in [0.2, 0.25) is 0 Å². The Balaban J connectivity index is 1.48. The second kappa shape index (κ2) is 8.28. The number of hydrogen-bond donors (Lipinski definition) is 2. The Morgan fingerprint density at radius 2 is 2.26 bits per heavy atom. The van der Waals surface area contributed by atoms with E-state index < -0.39 is 15.9 Å². The number of nitrogens with one attached hydrogen (secondary N) is 2. The molecule has 0 spiro atoms. The number of anilines is 1. The van der Waals surface area contributed by atoms with E-state index in [2.05, 4.69) is 20.0 Å². The second-order valence-corrected chi connectivity index (χ2v) is 9.41. The summed E-state index contributed by atoms with van der Waals surface area (Å²) in [6.07, 6.45) is 0.608. The minimum absolute atomic E-state index is 0.0375. The maximum absolute atomic E-state index is 13.1. The van der Waals surface area contributed by atoms with Crippen LogP contribution in [0.25, 0.3) is 0 Å². The normalized spacial score (nSPS) is 18.6. The van der Waals surface area contributed by atoms with Gasteiger partial charge in [-0.05, 0) is 31.2 Å². The highest BCUT2D eigenvalue weighted by Gasteiger charge is 2.31. The molecule has 2 N–H and O–H groups in total. The van der Waals surface area contributed by atoms with E-state index in [1.165, 1.54) is 12.1 Å². The van der Waals surface area contributed by atoms with E-state index in [0.717, 1.165) is 11.5 Å². The lowest BCUT2D eigenvalue weighted by molar-refractivity contribution is 0.248. The molecule has 1 aliphatic heterocycles. The van der Waals surface area contributed by atoms with E-state index in [1.54, 1.807) is 12.1 Å². The monoisotopic (exact) mass is 413 g/mol. The smallest absolute Gasteiger partial charge is 0.321 e. The molecule has 11 heteroatoms. The van der Waals surface area contributed by atoms with Crippen molar-refractivity contribution in [2.75, 3.05) is 23.9 Å². The highest BCUT2D eigenvalue weighted by atomic mass is 32.2. The van der Waals surface area contributed by atoms with Crippen molar-refractivity contribution in [3.63, 3.8) is 0 Å². The molecule has 1 atom stereocenters. The lowest BCUT2D eigenvalue weighted by Gasteiger charge is -2.21. The average molecular weight is 414 g/mol. The Kier molecular flexibility index (Phi) is 6.02. The standard InChI is InChI=1S/C16H20FN5O3S2/c1-22(13-5-6-27(24,25)10-13)9-14-19-16(26-21-14)20-15(23)18-8-11-3-2-4-12(17)7-11/h2-4,7,13H,5-6,8-10H2,1H3,(H2,18,19,20,21,23). The van der Waals surface area contributed by atoms with Crippen LogP contribution in [0.15, 0.2) is 24.3 Å². The van der Waals surface area contributed by atoms with Crippen LogP contribution in [0.4, 0.5) is 14.3 Å². The van der Waals surface area contributed by atoms with E-state index >= 15 is 0 Å². The van der Waals surface area contributed by atoms with Gasteiger partial charge in [0.1, 0.15) is 5.82 Å². The lowest BCUT2D eigenvalue weighted by Crippen LogP contribution is -2.32. The lowest BCUT2D eigenvalue weighted by atomic mass is 10.2. The number of sulfone groups is 1. The Morgan fingerprint density at radius 3 is 2.96 bits per heavy atom. The largest absolute Gasteiger partial charge is 0.334 e. The Labute approximate surface area is 160 Å². The van der Waals surface area contributed by atoms with Gasteiger partial charge in [-0.1, -0.05) is 12.1 Å². The molecule has 0 saturated carbocycles. The van der Waals surface area contributed by atoms with Gasteiger partial charge in [0.2, 0.25) is 5.13 Å². The minimum atomic E-state index is -2.94. The van der Waals surface area contributed by atoms with Gasteiger partial charge in [0.05, 0.1) is 18.1 Å². The number of aromatic nitrogens is 2. The zero-order valence-corrected chi connectivity index (χ0v) is 16.3. The zero-order valence-electron chi connectivity index (χ0n) is 14.7. The van der Waals surface area contributed by atoms with E-state index in [9.17, 15) is 17.6 Å². The van der Waals surface area contributed by atoms with E-state index in [0.29, 0.717) is 29.5 Å². The van der Waals surface area contributed by atoms with Gasteiger partial charge >= 0.3 is 6.03 Å². The fraction of sp³-hybridized carbons (Fsp3) is 0.438. The number of hydrogen-bond acceptors (Lipinski definition) is 7. The summed E-state index contributed by atoms with van der Waals surface area (Å²) in [7, 11) is -1.11. The van der Waals surface area contributed by atoms with Crippen LogP contribution in [0.3, 0.4) is 0 Å². The fourth-order valence-corrected chi connectivity index (χ4v) is 5.19. The second-order valence-electron chi connectivity index (χ2n) is 6.43. The summed E-state index contributed by atoms with van der Waals surface area (Å²) in [5.74, 6) is 0.529. The molecule has 1 unspecified atom stereocenters. The molecular weight excluding hydrogens is 393 g/mol. The SMILES string of the molecule is CN(Cc1nsc(NC(=O)NCc2cccc(F)c2)n1)C1CCS(=O)(=O)C1. The number of urea groups is 1. The van der Waals surface area contributed by atoms with Gasteiger partial charge in [-0.15, -0.1) is 0 Å². The molecule has 3 rings (SSSR count). The Morgan fingerprint density at radius 1 is 1.44 bits per heavy atom. The summed E-state index contributed by atoms with van der Waals surface area (Å²) in [6, 6.07) is 5.48. The maximum Gasteiger partial charge on any atom is 0.321 e. The number of amides is 2. The van der Waals surface area contributed by atoms with Crippen molar-refractivity contribution in [1.82, 2.24) is 19.6 Å². The number of nitrogens with zero attached hydrogens (tertiary/aromatic N) is 3. The van der Waals surface area contributed by atoms with Crippen LogP contribution in [0.1, 0.15) is 17.8 Å². The molecule has 1 saturated heterocycles. The number of halogens is 1. The van der Waals surface area contributed by atoms with Crippen LogP contribution in [0, 0.1) is 5.82 Å². The first kappa shape index (κ1) is 19.6. The van der Waals surface area contributed by atoms with Gasteiger partial charge in [0.15, 0.2) is 15.7 Å². The first-order valence-corrected chi connectivity index (χ1v) is 10.9. The molecule has 2 aromatic rings. The van der Waals surface area contributed by atoms with Crippen molar-refractivity contribution in [2.24, 2.45) is 0 Å². The predicted octanol–water partition coefficient (Wildman–Crippen LogP) is 1.62. The van der Waals surface area contributed by atoms with E-state index in [4.69, 9.17) is 0 Å². The average Bonchev–Trinajstić information content (AvgIpc) is 3.19. The molecule has 0 bridgehead atoms. The first-order chi connectivity index (χ1) is 12.8. The van der Waals surface area contributed by atoms with Gasteiger partial charge in [0.25, 0.3) is 0 Å². The van der Waals surface area contributed by atoms with Crippen molar-refractivity contribution < 1.29 is 17.6 Å². The maximum atomic E-state index is 13.1. The van der Waals surface area contributed by atoms with Gasteiger partial charge in [-0.25, -0.2) is 22.6 Å². The first-order valence-electron chi connectivity index (χ1n) is 8.33. The van der Waals surface area contributed by atoms with Crippen LogP contribution >= 0.6 is 11.5 Å². The molecule has 27 heavy (non-hydrogen) atoms. The third-order valence-electron chi connectivity index (χ3n) is 4.25. The van der Waals surface area contributed by atoms with Gasteiger partial charge in [0, 0.05) is 24.1 Å². The fourth-order valence-electron chi connectivity index (χ4n) is 2.81. The Hall–Kier alpha value is -2.11. The summed E-state index contributed by atoms with van der Waals surface area (Å²) < 4.78 is 40.5. The molecule has 1 fully saturated rings. The van der Waals surface area contributed by atoms with E-state index in [-0.39, 0.29) is 29.9 Å². The van der Waals surface area contributed by atoms with Crippen molar-refractivity contribution in [2.45, 2.75) is 25.6 Å². The molecule has 2 heterocycles. The molecule has 1 aromatic heterocycles. The van der Waals surface area contributed by atoms with Crippen LogP contribution in [0.5, 0.6) is 0 Å². The molecule has 0 aliphatic carbocycles. The van der Waals surface area contributed by atoms with Crippen LogP contribution in [-0.2, 0) is 22.9 Å². The number of carbonyl (C=O) groups excluding carboxylic acids is 1. The van der Waals surface area contributed by atoms with Crippen molar-refractivity contribution in [3.05, 3.63) is 41.5 Å². The summed E-state index contributed by atoms with van der Waals surface area (Å²) >= 11 is 1.05. The molecule has 1 aliphatic rings. The topological polar surface area (TPSA) is 104 Å². The van der Waals surface area contributed by atoms with Crippen LogP contribution in [-0.4, -0.2) is 53.3 Å². The molecular formula is C16H20FN5O3S2. The summed E-state index contributed by atoms with van der Waals surface area (Å²) in [5, 5.41) is 5.56. The third-order valence-corrected chi connectivity index (χ3v) is 6.67. The highest BCUT2D eigenvalue weighted by Crippen LogP contribution is 2.19. The zero-order chi connectivity index (χ0) is 19.4. The van der Waals surface area contributed by atoms with E-state index in [1.807, 2.05) is 11.9 Å². The van der Waals surface area contributed by atoms with Gasteiger partial charge < -0.3 is 5.32 Å². The van der Waals surface area contributed by atoms with Crippen molar-refractivity contribution >= 4 is 32.5 Å². The molecule has 8 nitrogen and oxygen atoms in total. The minimum Gasteiger partial charge on any atom is -0.334 e. The number of carbonyl (C=O) groups is 1. The third kappa shape index (κ3) is 5.68. The van der Waals surface area contributed by atoms with Crippen LogP contribution < -0.4 is 10.6 Å². The summed E-state index contributed by atoms with van der Waals surface area (Å²) in [5.41, 5.74) is 0.649. The molecule has 146 valence electrons. The molecule has 1 aromatic carbocycles.